The van der Waals surface area contributed by atoms with Gasteiger partial charge >= 0.3 is 0 Å². The summed E-state index contributed by atoms with van der Waals surface area (Å²) in [5.41, 5.74) is 7.60. The summed E-state index contributed by atoms with van der Waals surface area (Å²) in [4.78, 5) is 38.6. The maximum Gasteiger partial charge on any atom is 0.228 e. The van der Waals surface area contributed by atoms with Gasteiger partial charge in [0.2, 0.25) is 11.8 Å². The van der Waals surface area contributed by atoms with E-state index in [-0.39, 0.29) is 42.4 Å². The molecule has 6 aliphatic heterocycles. The van der Waals surface area contributed by atoms with Gasteiger partial charge in [-0.2, -0.15) is 0 Å². The van der Waals surface area contributed by atoms with Crippen LogP contribution in [0.3, 0.4) is 0 Å². The van der Waals surface area contributed by atoms with Gasteiger partial charge in [0.25, 0.3) is 0 Å². The Kier molecular flexibility index (Phi) is 11.0. The quantitative estimate of drug-likeness (QED) is 0.342. The predicted molar refractivity (Wildman–Crippen MR) is 173 cm³/mol. The van der Waals surface area contributed by atoms with Crippen LogP contribution in [0.2, 0.25) is 0 Å². The number of rotatable bonds is 5. The smallest absolute Gasteiger partial charge is 0.228 e. The highest BCUT2D eigenvalue weighted by Gasteiger charge is 2.45. The van der Waals surface area contributed by atoms with Crippen LogP contribution in [0.1, 0.15) is 58.8 Å². The first-order chi connectivity index (χ1) is 22.1. The fraction of sp³-hybridized carbons (Fsp3) is 0.909. The largest absolute Gasteiger partial charge is 0.377 e. The second-order valence-electron chi connectivity index (χ2n) is 15.1. The molecule has 0 spiro atoms. The van der Waals surface area contributed by atoms with Crippen LogP contribution < -0.4 is 21.7 Å². The van der Waals surface area contributed by atoms with Crippen LogP contribution in [0.15, 0.2) is 4.99 Å². The van der Waals surface area contributed by atoms with Gasteiger partial charge in [0.05, 0.1) is 36.8 Å². The highest BCUT2D eigenvalue weighted by Crippen LogP contribution is 2.30. The van der Waals surface area contributed by atoms with E-state index in [9.17, 15) is 14.0 Å². The molecule has 0 aromatic heterocycles. The summed E-state index contributed by atoms with van der Waals surface area (Å²) < 4.78 is 35.8. The Bertz CT molecular complexity index is 1090. The van der Waals surface area contributed by atoms with Crippen LogP contribution in [-0.4, -0.2) is 147 Å². The summed E-state index contributed by atoms with van der Waals surface area (Å²) in [5.74, 6) is -0.363. The van der Waals surface area contributed by atoms with Crippen molar-refractivity contribution in [3.8, 4) is 0 Å². The van der Waals surface area contributed by atoms with Crippen LogP contribution in [0, 0.1) is 17.8 Å². The average molecular weight is 651 g/mol. The molecule has 8 atom stereocenters. The Morgan fingerprint density at radius 3 is 2.43 bits per heavy atom. The summed E-state index contributed by atoms with van der Waals surface area (Å²) in [5, 5.41) is 9.61. The summed E-state index contributed by atoms with van der Waals surface area (Å²) >= 11 is 0. The van der Waals surface area contributed by atoms with Crippen molar-refractivity contribution >= 4 is 17.5 Å². The number of fused-ring (bicyclic) bond motifs is 2. The molecule has 13 heteroatoms. The number of nitrogens with one attached hydrogen (secondary N) is 3. The number of carbonyl (C=O) groups excluding carboxylic acids is 2. The van der Waals surface area contributed by atoms with Gasteiger partial charge in [-0.25, -0.2) is 8.78 Å². The molecular weight excluding hydrogens is 594 g/mol. The number of hydrogen-bond donors (Lipinski definition) is 4. The lowest BCUT2D eigenvalue weighted by Crippen LogP contribution is -2.67. The molecule has 2 bridgehead atoms. The van der Waals surface area contributed by atoms with Crippen LogP contribution in [0.25, 0.3) is 0 Å². The number of piperazine rings is 1. The molecule has 8 unspecified atom stereocenters. The SMILES string of the molecule is CC1CCC2=NC(N)C(C(=O)NC3CNCC(F)C3N3CCC(C(=O)N4CCN(C5(C)COC5)CC4)CC3)C(C2)NCC(F)CC1. The highest BCUT2D eigenvalue weighted by molar-refractivity contribution is 5.89. The Balaban J connectivity index is 1.05. The maximum absolute atomic E-state index is 15.6. The molecule has 0 radical (unpaired) electrons. The first-order valence-electron chi connectivity index (χ1n) is 17.8. The number of halogens is 2. The number of amides is 2. The van der Waals surface area contributed by atoms with E-state index >= 15 is 4.39 Å². The molecule has 2 amide bonds. The third-order valence-corrected chi connectivity index (χ3v) is 11.7. The molecule has 0 aromatic rings. The minimum Gasteiger partial charge on any atom is -0.377 e. The standard InChI is InChI=1S/C33H56F2N8O3/c1-21-3-5-23(34)16-38-26-15-24(6-4-21)39-30(36)28(26)31(44)40-27-18-37-17-25(35)29(27)41-9-7-22(8-10-41)32(45)42-11-13-43(14-12-42)33(2)19-46-20-33/h21-23,25-30,37-38H,3-20,36H2,1-2H3,(H,40,44). The van der Waals surface area contributed by atoms with E-state index in [4.69, 9.17) is 15.5 Å². The van der Waals surface area contributed by atoms with Gasteiger partial charge in [-0.05, 0) is 64.5 Å². The molecule has 260 valence electrons. The zero-order chi connectivity index (χ0) is 32.4. The lowest BCUT2D eigenvalue weighted by Gasteiger charge is -2.50. The lowest BCUT2D eigenvalue weighted by atomic mass is 9.85. The van der Waals surface area contributed by atoms with Gasteiger partial charge in [-0.15, -0.1) is 0 Å². The molecule has 5 N–H and O–H groups in total. The Hall–Kier alpha value is -1.77. The third kappa shape index (κ3) is 7.59. The summed E-state index contributed by atoms with van der Waals surface area (Å²) in [6.45, 7) is 11.2. The number of hydrogen-bond acceptors (Lipinski definition) is 9. The highest BCUT2D eigenvalue weighted by atomic mass is 19.1. The minimum absolute atomic E-state index is 0.0595. The van der Waals surface area contributed by atoms with Gasteiger partial charge in [-0.1, -0.05) is 6.92 Å². The van der Waals surface area contributed by atoms with E-state index in [2.05, 4.69) is 39.6 Å². The van der Waals surface area contributed by atoms with E-state index in [1.807, 2.05) is 4.90 Å². The van der Waals surface area contributed by atoms with Crippen molar-refractivity contribution in [3.05, 3.63) is 0 Å². The number of carbonyl (C=O) groups is 2. The fourth-order valence-electron chi connectivity index (χ4n) is 8.59. The van der Waals surface area contributed by atoms with Crippen LogP contribution >= 0.6 is 0 Å². The number of likely N-dealkylation sites (tertiary alicyclic amines) is 1. The second kappa shape index (κ2) is 14.8. The molecule has 6 aliphatic rings. The lowest BCUT2D eigenvalue weighted by molar-refractivity contribution is -0.153. The van der Waals surface area contributed by atoms with Crippen LogP contribution in [0.5, 0.6) is 0 Å². The van der Waals surface area contributed by atoms with Crippen molar-refractivity contribution in [2.45, 2.75) is 101 Å². The molecule has 0 aromatic carbocycles. The van der Waals surface area contributed by atoms with Crippen molar-refractivity contribution in [3.63, 3.8) is 0 Å². The van der Waals surface area contributed by atoms with E-state index in [1.54, 1.807) is 0 Å². The van der Waals surface area contributed by atoms with E-state index in [0.717, 1.165) is 64.4 Å². The van der Waals surface area contributed by atoms with Crippen molar-refractivity contribution in [1.82, 2.24) is 30.7 Å². The van der Waals surface area contributed by atoms with Crippen molar-refractivity contribution in [1.29, 1.82) is 0 Å². The number of nitrogens with zero attached hydrogens (tertiary/aromatic N) is 4. The fourth-order valence-corrected chi connectivity index (χ4v) is 8.59. The van der Waals surface area contributed by atoms with Gasteiger partial charge in [0.15, 0.2) is 0 Å². The van der Waals surface area contributed by atoms with Gasteiger partial charge in [-0.3, -0.25) is 24.4 Å². The predicted octanol–water partition coefficient (Wildman–Crippen LogP) is 0.678. The summed E-state index contributed by atoms with van der Waals surface area (Å²) in [6, 6.07) is -1.27. The van der Waals surface area contributed by atoms with Crippen molar-refractivity contribution in [2.75, 3.05) is 72.1 Å². The number of aliphatic imine (C=N–C) groups is 1. The maximum atomic E-state index is 15.6. The van der Waals surface area contributed by atoms with E-state index in [0.29, 0.717) is 51.2 Å². The average Bonchev–Trinajstić information content (AvgIpc) is 3.06. The molecule has 5 fully saturated rings. The number of piperidine rings is 2. The van der Waals surface area contributed by atoms with Gasteiger partial charge < -0.3 is 31.3 Å². The molecule has 6 rings (SSSR count). The minimum atomic E-state index is -1.16. The molecule has 11 nitrogen and oxygen atoms in total. The van der Waals surface area contributed by atoms with E-state index < -0.39 is 36.5 Å². The molecule has 46 heavy (non-hydrogen) atoms. The number of nitrogens with two attached hydrogens (primary N) is 1. The number of ether oxygens (including phenoxy) is 1. The third-order valence-electron chi connectivity index (χ3n) is 11.7. The summed E-state index contributed by atoms with van der Waals surface area (Å²) in [6.07, 6.45) is 2.12. The number of alkyl halides is 2. The van der Waals surface area contributed by atoms with Gasteiger partial charge in [0, 0.05) is 69.9 Å². The Labute approximate surface area is 272 Å². The Morgan fingerprint density at radius 2 is 1.74 bits per heavy atom. The summed E-state index contributed by atoms with van der Waals surface area (Å²) in [7, 11) is 0. The molecule has 0 aliphatic carbocycles. The van der Waals surface area contributed by atoms with E-state index in [1.165, 1.54) is 0 Å². The van der Waals surface area contributed by atoms with Crippen LogP contribution in [0.4, 0.5) is 8.78 Å². The molecule has 0 saturated carbocycles. The first-order valence-corrected chi connectivity index (χ1v) is 17.8. The monoisotopic (exact) mass is 650 g/mol. The molecule has 5 saturated heterocycles. The second-order valence-corrected chi connectivity index (χ2v) is 15.1. The molecular formula is C33H56F2N8O3. The zero-order valence-corrected chi connectivity index (χ0v) is 27.8. The zero-order valence-electron chi connectivity index (χ0n) is 27.8. The topological polar surface area (TPSA) is 128 Å². The Morgan fingerprint density at radius 1 is 1.00 bits per heavy atom. The van der Waals surface area contributed by atoms with Gasteiger partial charge in [0.1, 0.15) is 18.5 Å². The van der Waals surface area contributed by atoms with Crippen LogP contribution in [-0.2, 0) is 14.3 Å². The van der Waals surface area contributed by atoms with Crippen molar-refractivity contribution in [2.24, 2.45) is 28.5 Å². The first kappa shape index (κ1) is 34.1. The van der Waals surface area contributed by atoms with Crippen molar-refractivity contribution < 1.29 is 23.1 Å². The normalized spacial score (nSPS) is 38.6. The molecule has 6 heterocycles.